The van der Waals surface area contributed by atoms with Gasteiger partial charge in [-0.25, -0.2) is 0 Å². The van der Waals surface area contributed by atoms with Crippen molar-refractivity contribution in [1.29, 1.82) is 0 Å². The molecule has 2 fully saturated rings. The van der Waals surface area contributed by atoms with E-state index < -0.39 is 0 Å². The Kier molecular flexibility index (Phi) is 3.25. The number of anilines is 1. The van der Waals surface area contributed by atoms with Crippen LogP contribution >= 0.6 is 11.6 Å². The minimum atomic E-state index is -0.112. The molecule has 0 aromatic heterocycles. The molecule has 114 valence electrons. The van der Waals surface area contributed by atoms with Gasteiger partial charge in [0, 0.05) is 6.04 Å². The van der Waals surface area contributed by atoms with Crippen LogP contribution in [0.5, 0.6) is 0 Å². The third-order valence-electron chi connectivity index (χ3n) is 5.82. The summed E-state index contributed by atoms with van der Waals surface area (Å²) in [5.74, 6) is 0.586. The van der Waals surface area contributed by atoms with Crippen LogP contribution in [0.4, 0.5) is 5.69 Å². The van der Waals surface area contributed by atoms with Crippen LogP contribution in [-0.4, -0.2) is 11.9 Å². The highest BCUT2D eigenvalue weighted by Crippen LogP contribution is 2.62. The first-order chi connectivity index (χ1) is 9.75. The molecule has 3 unspecified atom stereocenters. The lowest BCUT2D eigenvalue weighted by atomic mass is 9.68. The van der Waals surface area contributed by atoms with Gasteiger partial charge in [0.05, 0.1) is 16.3 Å². The Morgan fingerprint density at radius 3 is 2.71 bits per heavy atom. The maximum Gasteiger partial charge on any atom is 0.253 e. The lowest BCUT2D eigenvalue weighted by Crippen LogP contribution is -2.52. The summed E-state index contributed by atoms with van der Waals surface area (Å²) in [5.41, 5.74) is 7.05. The fourth-order valence-electron chi connectivity index (χ4n) is 4.60. The smallest absolute Gasteiger partial charge is 0.253 e. The largest absolute Gasteiger partial charge is 0.398 e. The lowest BCUT2D eigenvalue weighted by molar-refractivity contribution is 0.0737. The summed E-state index contributed by atoms with van der Waals surface area (Å²) in [6, 6.07) is 5.40. The van der Waals surface area contributed by atoms with E-state index in [0.29, 0.717) is 22.2 Å². The van der Waals surface area contributed by atoms with Crippen LogP contribution in [0.1, 0.15) is 50.4 Å². The van der Waals surface area contributed by atoms with Crippen molar-refractivity contribution in [2.45, 2.75) is 46.1 Å². The van der Waals surface area contributed by atoms with Crippen LogP contribution < -0.4 is 11.1 Å². The van der Waals surface area contributed by atoms with E-state index in [1.165, 1.54) is 19.3 Å². The molecule has 21 heavy (non-hydrogen) atoms. The van der Waals surface area contributed by atoms with E-state index in [4.69, 9.17) is 17.3 Å². The molecule has 3 N–H and O–H groups in total. The van der Waals surface area contributed by atoms with Gasteiger partial charge in [-0.05, 0) is 48.1 Å². The molecule has 1 aromatic rings. The molecule has 3 rings (SSSR count). The first kappa shape index (κ1) is 14.7. The van der Waals surface area contributed by atoms with Crippen molar-refractivity contribution in [3.05, 3.63) is 28.8 Å². The van der Waals surface area contributed by atoms with Crippen molar-refractivity contribution >= 4 is 23.2 Å². The molecule has 2 aliphatic rings. The Morgan fingerprint density at radius 2 is 2.10 bits per heavy atom. The van der Waals surface area contributed by atoms with Gasteiger partial charge in [0.1, 0.15) is 0 Å². The summed E-state index contributed by atoms with van der Waals surface area (Å²) < 4.78 is 0. The second-order valence-electron chi connectivity index (χ2n) is 7.53. The second-order valence-corrected chi connectivity index (χ2v) is 7.91. The van der Waals surface area contributed by atoms with Gasteiger partial charge in [-0.2, -0.15) is 0 Å². The molecular formula is C17H23ClN2O. The minimum absolute atomic E-state index is 0.112. The first-order valence-corrected chi connectivity index (χ1v) is 7.98. The normalized spacial score (nSPS) is 33.1. The van der Waals surface area contributed by atoms with Crippen molar-refractivity contribution in [3.63, 3.8) is 0 Å². The van der Waals surface area contributed by atoms with Crippen molar-refractivity contribution in [2.75, 3.05) is 5.73 Å². The summed E-state index contributed by atoms with van der Waals surface area (Å²) in [7, 11) is 0. The number of halogens is 1. The summed E-state index contributed by atoms with van der Waals surface area (Å²) in [4.78, 5) is 12.6. The van der Waals surface area contributed by atoms with E-state index in [2.05, 4.69) is 26.1 Å². The SMILES string of the molecule is CC12CCC(C1)C(C)(C)C2NC(=O)c1cccc(N)c1Cl. The number of nitrogen functional groups attached to an aromatic ring is 1. The molecule has 0 radical (unpaired) electrons. The average molecular weight is 307 g/mol. The van der Waals surface area contributed by atoms with Crippen LogP contribution in [0.15, 0.2) is 18.2 Å². The average Bonchev–Trinajstić information content (AvgIpc) is 2.89. The summed E-state index contributed by atoms with van der Waals surface area (Å²) >= 11 is 6.17. The lowest BCUT2D eigenvalue weighted by Gasteiger charge is -2.43. The summed E-state index contributed by atoms with van der Waals surface area (Å²) in [5, 5.41) is 3.59. The fraction of sp³-hybridized carbons (Fsp3) is 0.588. The predicted molar refractivity (Wildman–Crippen MR) is 86.3 cm³/mol. The van der Waals surface area contributed by atoms with Crippen LogP contribution in [0.2, 0.25) is 5.02 Å². The zero-order valence-electron chi connectivity index (χ0n) is 12.9. The van der Waals surface area contributed by atoms with Crippen LogP contribution in [0, 0.1) is 16.7 Å². The van der Waals surface area contributed by atoms with Gasteiger partial charge < -0.3 is 11.1 Å². The van der Waals surface area contributed by atoms with E-state index in [1.807, 2.05) is 0 Å². The molecule has 3 atom stereocenters. The number of nitrogens with one attached hydrogen (secondary N) is 1. The highest BCUT2D eigenvalue weighted by Gasteiger charge is 2.59. The number of hydrogen-bond acceptors (Lipinski definition) is 2. The zero-order valence-corrected chi connectivity index (χ0v) is 13.6. The molecule has 4 heteroatoms. The molecule has 3 nitrogen and oxygen atoms in total. The van der Waals surface area contributed by atoms with E-state index in [9.17, 15) is 4.79 Å². The van der Waals surface area contributed by atoms with Crippen LogP contribution in [0.25, 0.3) is 0 Å². The van der Waals surface area contributed by atoms with Crippen molar-refractivity contribution in [1.82, 2.24) is 5.32 Å². The maximum atomic E-state index is 12.6. The van der Waals surface area contributed by atoms with Crippen LogP contribution in [0.3, 0.4) is 0 Å². The van der Waals surface area contributed by atoms with E-state index in [0.717, 1.165) is 0 Å². The molecule has 1 aromatic carbocycles. The van der Waals surface area contributed by atoms with E-state index in [-0.39, 0.29) is 22.8 Å². The number of nitrogens with two attached hydrogens (primary N) is 1. The first-order valence-electron chi connectivity index (χ1n) is 7.60. The third-order valence-corrected chi connectivity index (χ3v) is 6.24. The molecule has 2 aliphatic carbocycles. The van der Waals surface area contributed by atoms with Gasteiger partial charge in [-0.1, -0.05) is 38.4 Å². The zero-order chi connectivity index (χ0) is 15.4. The molecule has 0 spiro atoms. The summed E-state index contributed by atoms with van der Waals surface area (Å²) in [6.45, 7) is 6.84. The van der Waals surface area contributed by atoms with Gasteiger partial charge in [-0.15, -0.1) is 0 Å². The van der Waals surface area contributed by atoms with Gasteiger partial charge in [-0.3, -0.25) is 4.79 Å². The highest BCUT2D eigenvalue weighted by molar-refractivity contribution is 6.36. The Morgan fingerprint density at radius 1 is 1.38 bits per heavy atom. The molecule has 0 heterocycles. The number of benzene rings is 1. The van der Waals surface area contributed by atoms with Gasteiger partial charge in [0.15, 0.2) is 0 Å². The number of carbonyl (C=O) groups excluding carboxylic acids is 1. The van der Waals surface area contributed by atoms with Gasteiger partial charge >= 0.3 is 0 Å². The Labute approximate surface area is 131 Å². The van der Waals surface area contributed by atoms with Crippen LogP contribution in [-0.2, 0) is 0 Å². The molecule has 2 bridgehead atoms. The molecule has 1 amide bonds. The Balaban J connectivity index is 1.87. The topological polar surface area (TPSA) is 55.1 Å². The van der Waals surface area contributed by atoms with Gasteiger partial charge in [0.2, 0.25) is 0 Å². The Hall–Kier alpha value is -1.22. The number of hydrogen-bond donors (Lipinski definition) is 2. The standard InChI is InChI=1S/C17H23ClN2O/c1-16(2)10-7-8-17(3,9-10)15(16)20-14(21)11-5-4-6-12(19)13(11)18/h4-6,10,15H,7-9,19H2,1-3H3,(H,20,21). The predicted octanol–water partition coefficient (Wildman–Crippen LogP) is 3.87. The third kappa shape index (κ3) is 2.13. The number of carbonyl (C=O) groups is 1. The molecule has 0 aliphatic heterocycles. The maximum absolute atomic E-state index is 12.6. The quantitative estimate of drug-likeness (QED) is 0.815. The van der Waals surface area contributed by atoms with Crippen molar-refractivity contribution in [2.24, 2.45) is 16.7 Å². The number of rotatable bonds is 2. The molecular weight excluding hydrogens is 284 g/mol. The van der Waals surface area contributed by atoms with E-state index >= 15 is 0 Å². The highest BCUT2D eigenvalue weighted by atomic mass is 35.5. The monoisotopic (exact) mass is 306 g/mol. The summed E-state index contributed by atoms with van der Waals surface area (Å²) in [6.07, 6.45) is 3.67. The van der Waals surface area contributed by atoms with Crippen molar-refractivity contribution < 1.29 is 4.79 Å². The number of amides is 1. The van der Waals surface area contributed by atoms with E-state index in [1.54, 1.807) is 18.2 Å². The van der Waals surface area contributed by atoms with Crippen molar-refractivity contribution in [3.8, 4) is 0 Å². The minimum Gasteiger partial charge on any atom is -0.398 e. The second kappa shape index (κ2) is 4.64. The molecule has 0 saturated heterocycles. The number of fused-ring (bicyclic) bond motifs is 2. The van der Waals surface area contributed by atoms with Gasteiger partial charge in [0.25, 0.3) is 5.91 Å². The molecule has 2 saturated carbocycles. The Bertz CT molecular complexity index is 594. The fourth-order valence-corrected chi connectivity index (χ4v) is 4.81.